The number of aromatic nitrogens is 2. The minimum absolute atomic E-state index is 0.140. The predicted octanol–water partition coefficient (Wildman–Crippen LogP) is 3.50. The molecule has 2 rings (SSSR count). The third kappa shape index (κ3) is 2.34. The van der Waals surface area contributed by atoms with Crippen molar-refractivity contribution in [3.8, 4) is 0 Å². The normalized spacial score (nSPS) is 16.6. The molecule has 0 saturated heterocycles. The highest BCUT2D eigenvalue weighted by Gasteiger charge is 2.12. The molecule has 1 aromatic heterocycles. The lowest BCUT2D eigenvalue weighted by Gasteiger charge is -2.11. The standard InChI is InChI=1S/C10H12N2.C2H6/c1-10(2)5-3-8-9(4-6-10)12-7-11-8;1-2/h3-7H,1-2H3,(H,11,12);1-2H3. The van der Waals surface area contributed by atoms with Gasteiger partial charge in [0.1, 0.15) is 0 Å². The summed E-state index contributed by atoms with van der Waals surface area (Å²) >= 11 is 0. The van der Waals surface area contributed by atoms with Gasteiger partial charge >= 0.3 is 0 Å². The Balaban J connectivity index is 0.000000461. The highest BCUT2D eigenvalue weighted by molar-refractivity contribution is 5.63. The molecule has 76 valence electrons. The van der Waals surface area contributed by atoms with Crippen LogP contribution >= 0.6 is 0 Å². The minimum Gasteiger partial charge on any atom is -0.345 e. The summed E-state index contributed by atoms with van der Waals surface area (Å²) in [6.07, 6.45) is 10.2. The molecule has 0 bridgehead atoms. The zero-order valence-electron chi connectivity index (χ0n) is 9.33. The Hall–Kier alpha value is -1.31. The molecular weight excluding hydrogens is 172 g/mol. The molecule has 0 fully saturated rings. The predicted molar refractivity (Wildman–Crippen MR) is 61.8 cm³/mol. The Morgan fingerprint density at radius 2 is 1.79 bits per heavy atom. The van der Waals surface area contributed by atoms with E-state index in [1.54, 1.807) is 6.33 Å². The van der Waals surface area contributed by atoms with Crippen molar-refractivity contribution in [3.05, 3.63) is 29.9 Å². The lowest BCUT2D eigenvalue weighted by molar-refractivity contribution is 0.633. The van der Waals surface area contributed by atoms with Gasteiger partial charge in [0.25, 0.3) is 0 Å². The number of aromatic amines is 1. The third-order valence-electron chi connectivity index (χ3n) is 2.05. The number of nitrogens with zero attached hydrogens (tertiary/aromatic N) is 1. The fourth-order valence-electron chi connectivity index (χ4n) is 1.23. The first kappa shape index (κ1) is 10.8. The van der Waals surface area contributed by atoms with Crippen LogP contribution in [0.5, 0.6) is 0 Å². The first-order valence-corrected chi connectivity index (χ1v) is 5.09. The summed E-state index contributed by atoms with van der Waals surface area (Å²) in [7, 11) is 0. The van der Waals surface area contributed by atoms with E-state index in [9.17, 15) is 0 Å². The van der Waals surface area contributed by atoms with Crippen LogP contribution in [0.1, 0.15) is 39.1 Å². The largest absolute Gasteiger partial charge is 0.345 e. The zero-order valence-corrected chi connectivity index (χ0v) is 9.33. The van der Waals surface area contributed by atoms with Gasteiger partial charge in [0.2, 0.25) is 0 Å². The number of rotatable bonds is 0. The maximum atomic E-state index is 4.19. The van der Waals surface area contributed by atoms with Crippen molar-refractivity contribution in [2.45, 2.75) is 27.7 Å². The number of hydrogen-bond acceptors (Lipinski definition) is 1. The minimum atomic E-state index is 0.140. The molecule has 0 spiro atoms. The van der Waals surface area contributed by atoms with Gasteiger partial charge in [-0.25, -0.2) is 4.98 Å². The van der Waals surface area contributed by atoms with E-state index in [2.05, 4.69) is 48.1 Å². The van der Waals surface area contributed by atoms with Crippen LogP contribution in [0.25, 0.3) is 12.2 Å². The fraction of sp³-hybridized carbons (Fsp3) is 0.417. The van der Waals surface area contributed by atoms with Crippen LogP contribution in [0.2, 0.25) is 0 Å². The monoisotopic (exact) mass is 190 g/mol. The van der Waals surface area contributed by atoms with Gasteiger partial charge in [0, 0.05) is 5.41 Å². The highest BCUT2D eigenvalue weighted by atomic mass is 14.9. The maximum Gasteiger partial charge on any atom is 0.0931 e. The first-order valence-electron chi connectivity index (χ1n) is 5.09. The second-order valence-electron chi connectivity index (χ2n) is 3.69. The summed E-state index contributed by atoms with van der Waals surface area (Å²) in [4.78, 5) is 7.27. The molecule has 14 heavy (non-hydrogen) atoms. The molecular formula is C12H18N2. The molecule has 0 saturated carbocycles. The van der Waals surface area contributed by atoms with Crippen molar-refractivity contribution in [1.82, 2.24) is 9.97 Å². The number of nitrogens with one attached hydrogen (secondary N) is 1. The van der Waals surface area contributed by atoms with E-state index in [4.69, 9.17) is 0 Å². The van der Waals surface area contributed by atoms with Crippen LogP contribution in [0, 0.1) is 5.41 Å². The Labute approximate surface area is 85.8 Å². The van der Waals surface area contributed by atoms with Gasteiger partial charge in [-0.3, -0.25) is 0 Å². The van der Waals surface area contributed by atoms with Gasteiger partial charge < -0.3 is 4.98 Å². The van der Waals surface area contributed by atoms with Crippen molar-refractivity contribution in [1.29, 1.82) is 0 Å². The van der Waals surface area contributed by atoms with Gasteiger partial charge in [0.15, 0.2) is 0 Å². The van der Waals surface area contributed by atoms with E-state index in [-0.39, 0.29) is 5.41 Å². The summed E-state index contributed by atoms with van der Waals surface area (Å²) in [5.41, 5.74) is 2.26. The number of imidazole rings is 1. The SMILES string of the molecule is CC.CC1(C)C=Cc2nc[nH]c2C=C1. The fourth-order valence-corrected chi connectivity index (χ4v) is 1.23. The molecule has 0 atom stereocenters. The average Bonchev–Trinajstić information content (AvgIpc) is 2.58. The van der Waals surface area contributed by atoms with Gasteiger partial charge in [-0.05, 0) is 12.2 Å². The van der Waals surface area contributed by atoms with Crippen LogP contribution < -0.4 is 0 Å². The third-order valence-corrected chi connectivity index (χ3v) is 2.05. The van der Waals surface area contributed by atoms with Gasteiger partial charge in [0.05, 0.1) is 17.7 Å². The number of hydrogen-bond donors (Lipinski definition) is 1. The van der Waals surface area contributed by atoms with Gasteiger partial charge in [-0.1, -0.05) is 39.8 Å². The maximum absolute atomic E-state index is 4.19. The van der Waals surface area contributed by atoms with E-state index in [0.717, 1.165) is 11.4 Å². The van der Waals surface area contributed by atoms with Crippen molar-refractivity contribution in [3.63, 3.8) is 0 Å². The molecule has 1 aromatic rings. The van der Waals surface area contributed by atoms with Gasteiger partial charge in [-0.2, -0.15) is 0 Å². The Kier molecular flexibility index (Phi) is 3.28. The molecule has 2 heteroatoms. The summed E-state index contributed by atoms with van der Waals surface area (Å²) in [5, 5.41) is 0. The summed E-state index contributed by atoms with van der Waals surface area (Å²) in [6, 6.07) is 0. The molecule has 0 aromatic carbocycles. The van der Waals surface area contributed by atoms with E-state index in [1.165, 1.54) is 0 Å². The lowest BCUT2D eigenvalue weighted by atomic mass is 9.93. The lowest BCUT2D eigenvalue weighted by Crippen LogP contribution is -2.00. The van der Waals surface area contributed by atoms with Crippen molar-refractivity contribution >= 4 is 12.2 Å². The molecule has 0 aliphatic heterocycles. The van der Waals surface area contributed by atoms with Crippen LogP contribution in [0.3, 0.4) is 0 Å². The smallest absolute Gasteiger partial charge is 0.0931 e. The molecule has 1 aliphatic rings. The Morgan fingerprint density at radius 1 is 1.14 bits per heavy atom. The van der Waals surface area contributed by atoms with Gasteiger partial charge in [-0.15, -0.1) is 0 Å². The Bertz CT molecular complexity index is 312. The molecule has 0 unspecified atom stereocenters. The topological polar surface area (TPSA) is 28.7 Å². The number of H-pyrrole nitrogens is 1. The molecule has 0 radical (unpaired) electrons. The van der Waals surface area contributed by atoms with Crippen LogP contribution in [0.4, 0.5) is 0 Å². The highest BCUT2D eigenvalue weighted by Crippen LogP contribution is 2.25. The van der Waals surface area contributed by atoms with Crippen LogP contribution in [0.15, 0.2) is 18.5 Å². The summed E-state index contributed by atoms with van der Waals surface area (Å²) in [6.45, 7) is 8.34. The quantitative estimate of drug-likeness (QED) is 0.666. The Morgan fingerprint density at radius 3 is 2.50 bits per heavy atom. The first-order chi connectivity index (χ1) is 6.67. The number of fused-ring (bicyclic) bond motifs is 1. The van der Waals surface area contributed by atoms with Crippen LogP contribution in [-0.2, 0) is 0 Å². The second kappa shape index (κ2) is 4.27. The number of allylic oxidation sites excluding steroid dienone is 2. The van der Waals surface area contributed by atoms with Crippen molar-refractivity contribution < 1.29 is 0 Å². The second-order valence-corrected chi connectivity index (χ2v) is 3.69. The van der Waals surface area contributed by atoms with Crippen molar-refractivity contribution in [2.75, 3.05) is 0 Å². The van der Waals surface area contributed by atoms with E-state index in [0.29, 0.717) is 0 Å². The molecule has 0 amide bonds. The van der Waals surface area contributed by atoms with Crippen molar-refractivity contribution in [2.24, 2.45) is 5.41 Å². The summed E-state index contributed by atoms with van der Waals surface area (Å²) in [5.74, 6) is 0. The zero-order chi connectivity index (χ0) is 10.6. The van der Waals surface area contributed by atoms with E-state index >= 15 is 0 Å². The van der Waals surface area contributed by atoms with E-state index in [1.807, 2.05) is 13.8 Å². The molecule has 2 nitrogen and oxygen atoms in total. The molecule has 1 heterocycles. The average molecular weight is 190 g/mol. The molecule has 1 aliphatic carbocycles. The van der Waals surface area contributed by atoms with E-state index < -0.39 is 0 Å². The van der Waals surface area contributed by atoms with Crippen LogP contribution in [-0.4, -0.2) is 9.97 Å². The molecule has 1 N–H and O–H groups in total. The summed E-state index contributed by atoms with van der Waals surface area (Å²) < 4.78 is 0.